The van der Waals surface area contributed by atoms with Gasteiger partial charge in [-0.2, -0.15) is 37.9 Å². The standard InChI is InChI=1S/3C20H40O2S.Bi/c3*1-2-3-4-5-6-7-8-9-10-11-12-13-14-15-16-17-18-22-20(21)19-23;/h3*23H,2-19H2,1H3;. The molecule has 10 heteroatoms. The van der Waals surface area contributed by atoms with Gasteiger partial charge in [0.15, 0.2) is 0 Å². The van der Waals surface area contributed by atoms with Crippen molar-refractivity contribution in [3.8, 4) is 0 Å². The fourth-order valence-corrected chi connectivity index (χ4v) is 8.92. The zero-order chi connectivity index (χ0) is 51.0. The van der Waals surface area contributed by atoms with Crippen LogP contribution in [0.4, 0.5) is 0 Å². The number of ether oxygens (including phenoxy) is 3. The van der Waals surface area contributed by atoms with Gasteiger partial charge in [0.05, 0.1) is 37.1 Å². The number of unbranched alkanes of at least 4 members (excludes halogenated alkanes) is 45. The van der Waals surface area contributed by atoms with E-state index in [0.29, 0.717) is 19.8 Å². The molecule has 0 aliphatic carbocycles. The molecule has 0 atom stereocenters. The first-order valence-electron chi connectivity index (χ1n) is 30.2. The van der Waals surface area contributed by atoms with Crippen molar-refractivity contribution < 1.29 is 28.6 Å². The molecule has 0 aliphatic heterocycles. The molecule has 70 heavy (non-hydrogen) atoms. The molecule has 0 aliphatic rings. The topological polar surface area (TPSA) is 78.9 Å². The minimum absolute atomic E-state index is 0. The van der Waals surface area contributed by atoms with Crippen LogP contribution in [0.1, 0.15) is 329 Å². The van der Waals surface area contributed by atoms with Crippen LogP contribution in [0.15, 0.2) is 0 Å². The second-order valence-electron chi connectivity index (χ2n) is 20.0. The molecule has 0 fully saturated rings. The minimum Gasteiger partial charge on any atom is -0.465 e. The number of carbonyl (C=O) groups excluding carboxylic acids is 3. The summed E-state index contributed by atoms with van der Waals surface area (Å²) < 4.78 is 15.0. The Morgan fingerprint density at radius 3 is 0.457 bits per heavy atom. The van der Waals surface area contributed by atoms with Crippen molar-refractivity contribution in [2.75, 3.05) is 37.1 Å². The number of carbonyl (C=O) groups is 3. The predicted octanol–water partition coefficient (Wildman–Crippen LogP) is 19.8. The molecule has 0 aromatic heterocycles. The van der Waals surface area contributed by atoms with Crippen LogP contribution in [-0.4, -0.2) is 81.2 Å². The molecule has 0 saturated heterocycles. The van der Waals surface area contributed by atoms with E-state index in [1.807, 2.05) is 0 Å². The van der Waals surface area contributed by atoms with E-state index >= 15 is 0 Å². The molecule has 0 aromatic rings. The zero-order valence-corrected chi connectivity index (χ0v) is 53.1. The quantitative estimate of drug-likeness (QED) is 0.0185. The third-order valence-corrected chi connectivity index (χ3v) is 13.9. The van der Waals surface area contributed by atoms with Crippen LogP contribution in [0.5, 0.6) is 0 Å². The maximum absolute atomic E-state index is 10.9. The normalized spacial score (nSPS) is 10.7. The number of thiol groups is 3. The number of hydrogen-bond donors (Lipinski definition) is 3. The van der Waals surface area contributed by atoms with Crippen molar-refractivity contribution in [2.24, 2.45) is 0 Å². The molecule has 0 rings (SSSR count). The van der Waals surface area contributed by atoms with E-state index in [-0.39, 0.29) is 61.4 Å². The third kappa shape index (κ3) is 77.2. The van der Waals surface area contributed by atoms with E-state index in [1.165, 1.54) is 289 Å². The summed E-state index contributed by atoms with van der Waals surface area (Å²) in [5, 5.41) is 0. The molecule has 0 unspecified atom stereocenters. The Bertz CT molecular complexity index is 858. The van der Waals surface area contributed by atoms with E-state index in [2.05, 4.69) is 58.7 Å². The van der Waals surface area contributed by atoms with Crippen molar-refractivity contribution in [2.45, 2.75) is 329 Å². The molecule has 0 heterocycles. The van der Waals surface area contributed by atoms with E-state index in [4.69, 9.17) is 14.2 Å². The third-order valence-electron chi connectivity index (χ3n) is 13.2. The molecule has 0 spiro atoms. The Labute approximate surface area is 473 Å². The second kappa shape index (κ2) is 73.6. The molecule has 0 N–H and O–H groups in total. The average molecular weight is 1240 g/mol. The molecule has 0 bridgehead atoms. The van der Waals surface area contributed by atoms with Gasteiger partial charge in [0.2, 0.25) is 0 Å². The average Bonchev–Trinajstić information content (AvgIpc) is 3.36. The first kappa shape index (κ1) is 76.8. The van der Waals surface area contributed by atoms with Crippen LogP contribution in [0.2, 0.25) is 0 Å². The van der Waals surface area contributed by atoms with E-state index < -0.39 is 0 Å². The summed E-state index contributed by atoms with van der Waals surface area (Å²) in [6, 6.07) is 0. The Morgan fingerprint density at radius 2 is 0.343 bits per heavy atom. The molecular formula is C60H120BiO6S3. The van der Waals surface area contributed by atoms with Gasteiger partial charge in [-0.3, -0.25) is 14.4 Å². The largest absolute Gasteiger partial charge is 0.465 e. The molecular weight excluding hydrogens is 1120 g/mol. The van der Waals surface area contributed by atoms with Crippen LogP contribution >= 0.6 is 37.9 Å². The summed E-state index contributed by atoms with van der Waals surface area (Å²) in [5.74, 6) is -0.0193. The van der Waals surface area contributed by atoms with Gasteiger partial charge >= 0.3 is 17.9 Å². The SMILES string of the molecule is CCCCCCCCCCCCCCCCCCOC(=O)CS.CCCCCCCCCCCCCCCCCCOC(=O)CS.CCCCCCCCCCCCCCCCCCOC(=O)CS.[Bi]. The summed E-state index contributed by atoms with van der Waals surface area (Å²) in [4.78, 5) is 32.6. The van der Waals surface area contributed by atoms with Crippen molar-refractivity contribution in [3.63, 3.8) is 0 Å². The van der Waals surface area contributed by atoms with Crippen LogP contribution in [0.3, 0.4) is 0 Å². The van der Waals surface area contributed by atoms with Crippen LogP contribution in [-0.2, 0) is 28.6 Å². The van der Waals surface area contributed by atoms with Crippen molar-refractivity contribution in [1.29, 1.82) is 0 Å². The molecule has 0 saturated carbocycles. The maximum Gasteiger partial charge on any atom is 0.315 e. The van der Waals surface area contributed by atoms with Crippen molar-refractivity contribution >= 4 is 82.0 Å². The van der Waals surface area contributed by atoms with Crippen LogP contribution < -0.4 is 0 Å². The summed E-state index contributed by atoms with van der Waals surface area (Å²) in [5.41, 5.74) is 0. The van der Waals surface area contributed by atoms with Gasteiger partial charge in [0, 0.05) is 26.2 Å². The van der Waals surface area contributed by atoms with Crippen molar-refractivity contribution in [3.05, 3.63) is 0 Å². The Morgan fingerprint density at radius 1 is 0.229 bits per heavy atom. The Hall–Kier alpha value is 0.343. The number of esters is 3. The van der Waals surface area contributed by atoms with Crippen LogP contribution in [0, 0.1) is 0 Å². The second-order valence-corrected chi connectivity index (χ2v) is 21.0. The zero-order valence-electron chi connectivity index (χ0n) is 46.9. The van der Waals surface area contributed by atoms with Gasteiger partial charge in [0.1, 0.15) is 0 Å². The van der Waals surface area contributed by atoms with Gasteiger partial charge in [-0.05, 0) is 19.3 Å². The fourth-order valence-electron chi connectivity index (χ4n) is 8.65. The van der Waals surface area contributed by atoms with E-state index in [9.17, 15) is 14.4 Å². The fraction of sp³-hybridized carbons (Fsp3) is 0.950. The molecule has 419 valence electrons. The van der Waals surface area contributed by atoms with E-state index in [0.717, 1.165) is 19.3 Å². The molecule has 3 radical (unpaired) electrons. The van der Waals surface area contributed by atoms with Gasteiger partial charge in [-0.15, -0.1) is 0 Å². The first-order valence-corrected chi connectivity index (χ1v) is 32.1. The molecule has 6 nitrogen and oxygen atoms in total. The van der Waals surface area contributed by atoms with Crippen LogP contribution in [0.25, 0.3) is 0 Å². The van der Waals surface area contributed by atoms with Crippen molar-refractivity contribution in [1.82, 2.24) is 0 Å². The van der Waals surface area contributed by atoms with Gasteiger partial charge in [-0.1, -0.05) is 310 Å². The number of rotatable bonds is 54. The molecule has 0 aromatic carbocycles. The number of hydrogen-bond acceptors (Lipinski definition) is 9. The predicted molar refractivity (Wildman–Crippen MR) is 319 cm³/mol. The Balaban J connectivity index is -0.000000463. The maximum atomic E-state index is 10.9. The summed E-state index contributed by atoms with van der Waals surface area (Å²) in [6.45, 7) is 8.54. The van der Waals surface area contributed by atoms with E-state index in [1.54, 1.807) is 0 Å². The van der Waals surface area contributed by atoms with Gasteiger partial charge in [-0.25, -0.2) is 0 Å². The minimum atomic E-state index is -0.200. The summed E-state index contributed by atoms with van der Waals surface area (Å²) in [7, 11) is 0. The smallest absolute Gasteiger partial charge is 0.315 e. The molecule has 0 amide bonds. The first-order chi connectivity index (χ1) is 33.9. The summed E-state index contributed by atoms with van der Waals surface area (Å²) in [6.07, 6.45) is 65.4. The monoisotopic (exact) mass is 1240 g/mol. The van der Waals surface area contributed by atoms with Gasteiger partial charge < -0.3 is 14.2 Å². The summed E-state index contributed by atoms with van der Waals surface area (Å²) >= 11 is 11.6. The Kier molecular flexibility index (Phi) is 80.8. The van der Waals surface area contributed by atoms with Gasteiger partial charge in [0.25, 0.3) is 0 Å².